The summed E-state index contributed by atoms with van der Waals surface area (Å²) in [6, 6.07) is 0.816. The first-order valence-corrected chi connectivity index (χ1v) is 8.35. The molecule has 2 heteroatoms. The minimum Gasteiger partial charge on any atom is -0.313 e. The van der Waals surface area contributed by atoms with E-state index < -0.39 is 0 Å². The van der Waals surface area contributed by atoms with Crippen LogP contribution in [0.3, 0.4) is 0 Å². The summed E-state index contributed by atoms with van der Waals surface area (Å²) in [5.74, 6) is 0.874. The van der Waals surface area contributed by atoms with Crippen LogP contribution < -0.4 is 5.32 Å². The molecular formula is C18H32N2. The van der Waals surface area contributed by atoms with Crippen molar-refractivity contribution >= 4 is 0 Å². The average Bonchev–Trinajstić information content (AvgIpc) is 3.21. The highest BCUT2D eigenvalue weighted by Gasteiger charge is 2.37. The van der Waals surface area contributed by atoms with Gasteiger partial charge in [0.15, 0.2) is 0 Å². The zero-order chi connectivity index (χ0) is 14.4. The molecule has 2 saturated carbocycles. The third-order valence-electron chi connectivity index (χ3n) is 4.86. The van der Waals surface area contributed by atoms with Crippen molar-refractivity contribution < 1.29 is 0 Å². The molecule has 20 heavy (non-hydrogen) atoms. The largest absolute Gasteiger partial charge is 0.313 e. The summed E-state index contributed by atoms with van der Waals surface area (Å²) < 4.78 is 0. The highest BCUT2D eigenvalue weighted by Crippen LogP contribution is 2.40. The second-order valence-corrected chi connectivity index (χ2v) is 7.13. The monoisotopic (exact) mass is 276 g/mol. The standard InChI is InChI=1S/C18H32N2/c1-4-11-20(12-5-2)15-18(14-19-17-8-9-17)10-6-7-16(3)13-18/h4-5,16-17,19H,1-2,6-15H2,3H3. The van der Waals surface area contributed by atoms with E-state index in [9.17, 15) is 0 Å². The van der Waals surface area contributed by atoms with Gasteiger partial charge >= 0.3 is 0 Å². The molecule has 0 heterocycles. The average molecular weight is 276 g/mol. The Morgan fingerprint density at radius 1 is 1.20 bits per heavy atom. The second-order valence-electron chi connectivity index (χ2n) is 7.13. The minimum atomic E-state index is 0.465. The molecule has 0 aromatic rings. The molecule has 2 aliphatic carbocycles. The lowest BCUT2D eigenvalue weighted by Crippen LogP contribution is -2.47. The Morgan fingerprint density at radius 3 is 2.45 bits per heavy atom. The Balaban J connectivity index is 1.98. The third kappa shape index (κ3) is 4.75. The van der Waals surface area contributed by atoms with Crippen molar-refractivity contribution in [3.05, 3.63) is 25.3 Å². The molecule has 114 valence electrons. The maximum absolute atomic E-state index is 3.91. The predicted octanol–water partition coefficient (Wildman–Crippen LogP) is 3.61. The summed E-state index contributed by atoms with van der Waals surface area (Å²) in [4.78, 5) is 2.51. The van der Waals surface area contributed by atoms with E-state index in [1.54, 1.807) is 0 Å². The topological polar surface area (TPSA) is 15.3 Å². The molecule has 0 saturated heterocycles. The minimum absolute atomic E-state index is 0.465. The molecule has 0 spiro atoms. The van der Waals surface area contributed by atoms with E-state index in [-0.39, 0.29) is 0 Å². The van der Waals surface area contributed by atoms with Gasteiger partial charge in [-0.1, -0.05) is 31.9 Å². The van der Waals surface area contributed by atoms with Gasteiger partial charge in [0.1, 0.15) is 0 Å². The van der Waals surface area contributed by atoms with Crippen LogP contribution in [0.1, 0.15) is 45.4 Å². The zero-order valence-corrected chi connectivity index (χ0v) is 13.2. The fourth-order valence-corrected chi connectivity index (χ4v) is 3.82. The van der Waals surface area contributed by atoms with Gasteiger partial charge in [-0.05, 0) is 37.0 Å². The lowest BCUT2D eigenvalue weighted by Gasteiger charge is -2.43. The van der Waals surface area contributed by atoms with Crippen LogP contribution in [-0.2, 0) is 0 Å². The van der Waals surface area contributed by atoms with Crippen LogP contribution in [0.5, 0.6) is 0 Å². The predicted molar refractivity (Wildman–Crippen MR) is 87.9 cm³/mol. The first-order valence-electron chi connectivity index (χ1n) is 8.35. The zero-order valence-electron chi connectivity index (χ0n) is 13.2. The Bertz CT molecular complexity index is 311. The maximum Gasteiger partial charge on any atom is 0.0164 e. The molecule has 2 atom stereocenters. The van der Waals surface area contributed by atoms with E-state index in [1.807, 2.05) is 12.2 Å². The highest BCUT2D eigenvalue weighted by molar-refractivity contribution is 4.94. The lowest BCUT2D eigenvalue weighted by molar-refractivity contribution is 0.0901. The Morgan fingerprint density at radius 2 is 1.90 bits per heavy atom. The summed E-state index contributed by atoms with van der Waals surface area (Å²) in [6.45, 7) is 14.6. The van der Waals surface area contributed by atoms with Crippen molar-refractivity contribution in [3.8, 4) is 0 Å². The number of nitrogens with one attached hydrogen (secondary N) is 1. The van der Waals surface area contributed by atoms with Crippen LogP contribution in [0.4, 0.5) is 0 Å². The van der Waals surface area contributed by atoms with E-state index in [0.29, 0.717) is 5.41 Å². The van der Waals surface area contributed by atoms with Gasteiger partial charge < -0.3 is 5.32 Å². The lowest BCUT2D eigenvalue weighted by atomic mass is 9.69. The Labute approximate surface area is 125 Å². The van der Waals surface area contributed by atoms with Crippen molar-refractivity contribution in [3.63, 3.8) is 0 Å². The molecule has 0 aliphatic heterocycles. The molecule has 2 nitrogen and oxygen atoms in total. The van der Waals surface area contributed by atoms with Crippen LogP contribution in [-0.4, -0.2) is 37.1 Å². The molecule has 2 fully saturated rings. The molecule has 0 amide bonds. The molecule has 0 bridgehead atoms. The first kappa shape index (κ1) is 15.8. The van der Waals surface area contributed by atoms with Crippen LogP contribution in [0, 0.1) is 11.3 Å². The van der Waals surface area contributed by atoms with E-state index in [4.69, 9.17) is 0 Å². The second kappa shape index (κ2) is 7.42. The molecule has 2 rings (SSSR count). The molecule has 0 radical (unpaired) electrons. The van der Waals surface area contributed by atoms with Gasteiger partial charge in [0, 0.05) is 32.2 Å². The third-order valence-corrected chi connectivity index (χ3v) is 4.86. The number of rotatable bonds is 9. The van der Waals surface area contributed by atoms with Crippen molar-refractivity contribution in [2.75, 3.05) is 26.2 Å². The van der Waals surface area contributed by atoms with E-state index >= 15 is 0 Å². The van der Waals surface area contributed by atoms with Gasteiger partial charge in [-0.15, -0.1) is 13.2 Å². The molecule has 0 aromatic carbocycles. The summed E-state index contributed by atoms with van der Waals surface area (Å²) in [5, 5.41) is 3.80. The van der Waals surface area contributed by atoms with Gasteiger partial charge in [0.05, 0.1) is 0 Å². The summed E-state index contributed by atoms with van der Waals surface area (Å²) in [6.07, 6.45) is 12.4. The van der Waals surface area contributed by atoms with Gasteiger partial charge in [0.2, 0.25) is 0 Å². The maximum atomic E-state index is 3.91. The Kier molecular flexibility index (Phi) is 5.86. The van der Waals surface area contributed by atoms with Crippen LogP contribution in [0.2, 0.25) is 0 Å². The van der Waals surface area contributed by atoms with Crippen molar-refractivity contribution in [1.29, 1.82) is 0 Å². The quantitative estimate of drug-likeness (QED) is 0.647. The van der Waals surface area contributed by atoms with Crippen LogP contribution in [0.15, 0.2) is 25.3 Å². The van der Waals surface area contributed by atoms with Gasteiger partial charge in [-0.25, -0.2) is 0 Å². The van der Waals surface area contributed by atoms with Crippen molar-refractivity contribution in [2.45, 2.75) is 51.5 Å². The molecule has 2 aliphatic rings. The fourth-order valence-electron chi connectivity index (χ4n) is 3.82. The number of nitrogens with zero attached hydrogens (tertiary/aromatic N) is 1. The summed E-state index contributed by atoms with van der Waals surface area (Å²) in [7, 11) is 0. The number of hydrogen-bond acceptors (Lipinski definition) is 2. The molecule has 0 aromatic heterocycles. The van der Waals surface area contributed by atoms with Crippen molar-refractivity contribution in [2.24, 2.45) is 11.3 Å². The van der Waals surface area contributed by atoms with E-state index in [1.165, 1.54) is 51.6 Å². The molecule has 1 N–H and O–H groups in total. The Hall–Kier alpha value is -0.600. The van der Waals surface area contributed by atoms with Gasteiger partial charge in [-0.2, -0.15) is 0 Å². The van der Waals surface area contributed by atoms with Crippen LogP contribution >= 0.6 is 0 Å². The fraction of sp³-hybridized carbons (Fsp3) is 0.778. The van der Waals surface area contributed by atoms with Gasteiger partial charge in [-0.3, -0.25) is 4.90 Å². The number of hydrogen-bond donors (Lipinski definition) is 1. The van der Waals surface area contributed by atoms with Crippen LogP contribution in [0.25, 0.3) is 0 Å². The van der Waals surface area contributed by atoms with Crippen molar-refractivity contribution in [1.82, 2.24) is 10.2 Å². The SMILES string of the molecule is C=CCN(CC=C)CC1(CNC2CC2)CCCC(C)C1. The normalized spacial score (nSPS) is 30.4. The van der Waals surface area contributed by atoms with Gasteiger partial charge in [0.25, 0.3) is 0 Å². The smallest absolute Gasteiger partial charge is 0.0164 e. The molecule has 2 unspecified atom stereocenters. The van der Waals surface area contributed by atoms with E-state index in [0.717, 1.165) is 25.0 Å². The summed E-state index contributed by atoms with van der Waals surface area (Å²) in [5.41, 5.74) is 0.465. The summed E-state index contributed by atoms with van der Waals surface area (Å²) >= 11 is 0. The highest BCUT2D eigenvalue weighted by atomic mass is 15.1. The van der Waals surface area contributed by atoms with E-state index in [2.05, 4.69) is 30.3 Å². The first-order chi connectivity index (χ1) is 9.67. The molecular weight excluding hydrogens is 244 g/mol.